The van der Waals surface area contributed by atoms with E-state index < -0.39 is 0 Å². The van der Waals surface area contributed by atoms with Crippen molar-refractivity contribution in [3.63, 3.8) is 0 Å². The van der Waals surface area contributed by atoms with E-state index >= 15 is 0 Å². The van der Waals surface area contributed by atoms with Crippen molar-refractivity contribution in [1.29, 1.82) is 0 Å². The number of carbonyl (C=O) groups excluding carboxylic acids is 2. The Morgan fingerprint density at radius 1 is 0.966 bits per heavy atom. The molecule has 2 saturated heterocycles. The van der Waals surface area contributed by atoms with E-state index in [1.807, 2.05) is 4.90 Å². The maximum Gasteiger partial charge on any atom is 0.256 e. The topological polar surface area (TPSA) is 73.1 Å². The quantitative estimate of drug-likeness (QED) is 0.746. The van der Waals surface area contributed by atoms with Crippen molar-refractivity contribution in [1.82, 2.24) is 19.6 Å². The molecule has 0 atom stereocenters. The number of amides is 2. The maximum absolute atomic E-state index is 12.7. The average molecular weight is 420 g/mol. The molecule has 0 unspecified atom stereocenters. The van der Waals surface area contributed by atoms with Crippen LogP contribution in [0.4, 0.5) is 5.69 Å². The molecule has 2 aliphatic heterocycles. The Morgan fingerprint density at radius 2 is 1.62 bits per heavy atom. The Balaban J connectivity index is 1.22. The Hall–Kier alpha value is -1.83. The number of anilines is 1. The van der Waals surface area contributed by atoms with E-state index in [0.29, 0.717) is 49.0 Å². The minimum Gasteiger partial charge on any atom is -0.398 e. The number of benzene rings is 1. The highest BCUT2D eigenvalue weighted by Gasteiger charge is 2.30. The molecule has 1 aromatic carbocycles. The van der Waals surface area contributed by atoms with Gasteiger partial charge in [0, 0.05) is 69.1 Å². The number of halogens is 1. The van der Waals surface area contributed by atoms with Gasteiger partial charge >= 0.3 is 0 Å². The molecule has 29 heavy (non-hydrogen) atoms. The fourth-order valence-electron chi connectivity index (χ4n) is 4.39. The molecule has 4 rings (SSSR count). The first-order valence-corrected chi connectivity index (χ1v) is 11.0. The summed E-state index contributed by atoms with van der Waals surface area (Å²) in [7, 11) is 0. The smallest absolute Gasteiger partial charge is 0.256 e. The molecular formula is C21H30ClN5O2. The van der Waals surface area contributed by atoms with Crippen molar-refractivity contribution in [2.45, 2.75) is 25.3 Å². The average Bonchev–Trinajstić information content (AvgIpc) is 2.67. The predicted octanol–water partition coefficient (Wildman–Crippen LogP) is 1.38. The second-order valence-corrected chi connectivity index (χ2v) is 8.74. The summed E-state index contributed by atoms with van der Waals surface area (Å²) in [5.74, 6) is 0.136. The zero-order valence-electron chi connectivity index (χ0n) is 16.9. The summed E-state index contributed by atoms with van der Waals surface area (Å²) < 4.78 is 0. The molecule has 0 spiro atoms. The molecule has 1 saturated carbocycles. The van der Waals surface area contributed by atoms with Crippen molar-refractivity contribution in [2.75, 3.05) is 64.6 Å². The lowest BCUT2D eigenvalue weighted by Crippen LogP contribution is -2.56. The van der Waals surface area contributed by atoms with Crippen molar-refractivity contribution >= 4 is 29.1 Å². The van der Waals surface area contributed by atoms with Gasteiger partial charge in [-0.05, 0) is 31.0 Å². The van der Waals surface area contributed by atoms with Crippen LogP contribution >= 0.6 is 11.6 Å². The number of carbonyl (C=O) groups is 2. The third-order valence-corrected chi connectivity index (χ3v) is 6.76. The SMILES string of the molecule is Nc1cc(Cl)ccc1C(=O)N1CCN(CC(=O)N2CCN(C3CCC3)CC2)CC1. The fourth-order valence-corrected chi connectivity index (χ4v) is 4.57. The second kappa shape index (κ2) is 8.90. The number of rotatable bonds is 4. The summed E-state index contributed by atoms with van der Waals surface area (Å²) in [4.78, 5) is 33.9. The van der Waals surface area contributed by atoms with E-state index in [9.17, 15) is 9.59 Å². The van der Waals surface area contributed by atoms with E-state index in [0.717, 1.165) is 32.2 Å². The monoisotopic (exact) mass is 419 g/mol. The molecule has 0 aromatic heterocycles. The van der Waals surface area contributed by atoms with Crippen molar-refractivity contribution < 1.29 is 9.59 Å². The lowest BCUT2D eigenvalue weighted by atomic mass is 9.91. The van der Waals surface area contributed by atoms with Gasteiger partial charge in [0.05, 0.1) is 12.1 Å². The van der Waals surface area contributed by atoms with Gasteiger partial charge in [-0.3, -0.25) is 19.4 Å². The third-order valence-electron chi connectivity index (χ3n) is 6.52. The highest BCUT2D eigenvalue weighted by Crippen LogP contribution is 2.25. The molecule has 1 aliphatic carbocycles. The Bertz CT molecular complexity index is 753. The number of nitrogens with zero attached hydrogens (tertiary/aromatic N) is 4. The van der Waals surface area contributed by atoms with Gasteiger partial charge in [0.25, 0.3) is 5.91 Å². The zero-order chi connectivity index (χ0) is 20.4. The molecule has 0 bridgehead atoms. The van der Waals surface area contributed by atoms with Crippen molar-refractivity contribution in [3.8, 4) is 0 Å². The molecule has 1 aromatic rings. The van der Waals surface area contributed by atoms with Gasteiger partial charge in [0.2, 0.25) is 5.91 Å². The van der Waals surface area contributed by atoms with E-state index in [1.54, 1.807) is 23.1 Å². The van der Waals surface area contributed by atoms with Crippen LogP contribution in [0.5, 0.6) is 0 Å². The van der Waals surface area contributed by atoms with Crippen LogP contribution in [0.1, 0.15) is 29.6 Å². The van der Waals surface area contributed by atoms with Crippen LogP contribution in [0.3, 0.4) is 0 Å². The van der Waals surface area contributed by atoms with Crippen LogP contribution in [0.15, 0.2) is 18.2 Å². The Labute approximate surface area is 177 Å². The van der Waals surface area contributed by atoms with E-state index in [2.05, 4.69) is 9.80 Å². The standard InChI is InChI=1S/C21H30ClN5O2/c22-16-4-5-18(19(23)14-16)21(29)27-8-6-24(7-9-27)15-20(28)26-12-10-25(11-13-26)17-2-1-3-17/h4-5,14,17H,1-3,6-13,15,23H2. The van der Waals surface area contributed by atoms with Gasteiger partial charge in [0.15, 0.2) is 0 Å². The van der Waals surface area contributed by atoms with Crippen LogP contribution in [-0.4, -0.2) is 96.4 Å². The van der Waals surface area contributed by atoms with Gasteiger partial charge in [-0.15, -0.1) is 0 Å². The van der Waals surface area contributed by atoms with Gasteiger partial charge in [-0.1, -0.05) is 18.0 Å². The van der Waals surface area contributed by atoms with E-state index in [4.69, 9.17) is 17.3 Å². The maximum atomic E-state index is 12.7. The zero-order valence-corrected chi connectivity index (χ0v) is 17.6. The Kier molecular flexibility index (Phi) is 6.27. The van der Waals surface area contributed by atoms with Crippen molar-refractivity contribution in [3.05, 3.63) is 28.8 Å². The molecule has 8 heteroatoms. The molecule has 7 nitrogen and oxygen atoms in total. The molecular weight excluding hydrogens is 390 g/mol. The molecule has 2 heterocycles. The summed E-state index contributed by atoms with van der Waals surface area (Å²) in [6.07, 6.45) is 3.99. The summed E-state index contributed by atoms with van der Waals surface area (Å²) in [6.45, 7) is 6.72. The minimum atomic E-state index is -0.0720. The largest absolute Gasteiger partial charge is 0.398 e. The van der Waals surface area contributed by atoms with Crippen LogP contribution in [0.25, 0.3) is 0 Å². The number of hydrogen-bond donors (Lipinski definition) is 1. The van der Waals surface area contributed by atoms with Gasteiger partial charge in [0.1, 0.15) is 0 Å². The fraction of sp³-hybridized carbons (Fsp3) is 0.619. The first kappa shape index (κ1) is 20.4. The van der Waals surface area contributed by atoms with E-state index in [1.165, 1.54) is 19.3 Å². The summed E-state index contributed by atoms with van der Waals surface area (Å²) in [6, 6.07) is 5.73. The molecule has 158 valence electrons. The lowest BCUT2D eigenvalue weighted by molar-refractivity contribution is -0.135. The van der Waals surface area contributed by atoms with Crippen LogP contribution in [0.2, 0.25) is 5.02 Å². The molecule has 2 N–H and O–H groups in total. The minimum absolute atomic E-state index is 0.0720. The first-order chi connectivity index (χ1) is 14.0. The van der Waals surface area contributed by atoms with Gasteiger partial charge < -0.3 is 15.5 Å². The molecule has 3 fully saturated rings. The number of nitrogen functional groups attached to an aromatic ring is 1. The normalized spacial score (nSPS) is 21.8. The molecule has 2 amide bonds. The summed E-state index contributed by atoms with van der Waals surface area (Å²) in [5.41, 5.74) is 6.84. The van der Waals surface area contributed by atoms with Gasteiger partial charge in [-0.2, -0.15) is 0 Å². The number of nitrogens with two attached hydrogens (primary N) is 1. The van der Waals surface area contributed by atoms with Crippen LogP contribution in [0, 0.1) is 0 Å². The summed E-state index contributed by atoms with van der Waals surface area (Å²) >= 11 is 5.92. The third kappa shape index (κ3) is 4.68. The van der Waals surface area contributed by atoms with E-state index in [-0.39, 0.29) is 11.8 Å². The first-order valence-electron chi connectivity index (χ1n) is 10.6. The number of hydrogen-bond acceptors (Lipinski definition) is 5. The summed E-state index contributed by atoms with van der Waals surface area (Å²) in [5, 5.41) is 0.524. The van der Waals surface area contributed by atoms with Gasteiger partial charge in [-0.25, -0.2) is 0 Å². The molecule has 3 aliphatic rings. The van der Waals surface area contributed by atoms with Crippen LogP contribution in [-0.2, 0) is 4.79 Å². The highest BCUT2D eigenvalue weighted by atomic mass is 35.5. The second-order valence-electron chi connectivity index (χ2n) is 8.30. The Morgan fingerprint density at radius 3 is 2.21 bits per heavy atom. The number of piperazine rings is 2. The van der Waals surface area contributed by atoms with Crippen LogP contribution < -0.4 is 5.73 Å². The lowest BCUT2D eigenvalue weighted by Gasteiger charge is -2.43. The highest BCUT2D eigenvalue weighted by molar-refractivity contribution is 6.31. The predicted molar refractivity (Wildman–Crippen MR) is 114 cm³/mol. The molecule has 0 radical (unpaired) electrons. The van der Waals surface area contributed by atoms with Crippen molar-refractivity contribution in [2.24, 2.45) is 0 Å².